The standard InChI is InChI=1S/C13H20N2O2/c14-9-13(5-7-16-10-13)15(11-3-4-11)8-12-2-1-6-17-12/h1-2,6,11H,3-5,7-10,14H2. The number of nitrogens with zero attached hydrogens (tertiary/aromatic N) is 1. The van der Waals surface area contributed by atoms with Gasteiger partial charge in [-0.25, -0.2) is 0 Å². The number of rotatable bonds is 5. The third-order valence-corrected chi connectivity index (χ3v) is 3.97. The van der Waals surface area contributed by atoms with Crippen molar-refractivity contribution in [1.82, 2.24) is 4.90 Å². The summed E-state index contributed by atoms with van der Waals surface area (Å²) in [4.78, 5) is 2.51. The summed E-state index contributed by atoms with van der Waals surface area (Å²) in [5, 5.41) is 0. The second-order valence-corrected chi connectivity index (χ2v) is 5.17. The zero-order chi connectivity index (χ0) is 11.7. The normalized spacial score (nSPS) is 29.1. The van der Waals surface area contributed by atoms with E-state index in [4.69, 9.17) is 14.9 Å². The highest BCUT2D eigenvalue weighted by atomic mass is 16.5. The molecule has 2 aliphatic rings. The van der Waals surface area contributed by atoms with E-state index in [0.29, 0.717) is 12.6 Å². The highest BCUT2D eigenvalue weighted by Crippen LogP contribution is 2.37. The first-order valence-corrected chi connectivity index (χ1v) is 6.41. The molecule has 1 saturated heterocycles. The molecule has 94 valence electrons. The molecule has 1 unspecified atom stereocenters. The van der Waals surface area contributed by atoms with Gasteiger partial charge in [0.1, 0.15) is 5.76 Å². The van der Waals surface area contributed by atoms with Crippen molar-refractivity contribution in [3.8, 4) is 0 Å². The third kappa shape index (κ3) is 2.12. The Bertz CT molecular complexity index is 354. The van der Waals surface area contributed by atoms with Crippen molar-refractivity contribution in [2.75, 3.05) is 19.8 Å². The maximum absolute atomic E-state index is 6.01. The summed E-state index contributed by atoms with van der Waals surface area (Å²) >= 11 is 0. The van der Waals surface area contributed by atoms with E-state index < -0.39 is 0 Å². The summed E-state index contributed by atoms with van der Waals surface area (Å²) in [6.07, 6.45) is 5.34. The van der Waals surface area contributed by atoms with Crippen LogP contribution in [-0.4, -0.2) is 36.2 Å². The molecule has 1 saturated carbocycles. The average Bonchev–Trinajstić information content (AvgIpc) is 2.88. The SMILES string of the molecule is NCC1(N(Cc2ccco2)C2CC2)CCOC1. The number of nitrogens with two attached hydrogens (primary N) is 1. The Kier molecular flexibility index (Phi) is 2.94. The van der Waals surface area contributed by atoms with Crippen molar-refractivity contribution in [3.63, 3.8) is 0 Å². The van der Waals surface area contributed by atoms with E-state index in [2.05, 4.69) is 4.90 Å². The topological polar surface area (TPSA) is 51.6 Å². The largest absolute Gasteiger partial charge is 0.468 e. The van der Waals surface area contributed by atoms with Gasteiger partial charge in [-0.1, -0.05) is 0 Å². The summed E-state index contributed by atoms with van der Waals surface area (Å²) in [5.41, 5.74) is 6.05. The van der Waals surface area contributed by atoms with Crippen LogP contribution in [0.2, 0.25) is 0 Å². The molecular weight excluding hydrogens is 216 g/mol. The lowest BCUT2D eigenvalue weighted by atomic mass is 9.95. The Hall–Kier alpha value is -0.840. The fourth-order valence-corrected chi connectivity index (χ4v) is 2.74. The first kappa shape index (κ1) is 11.3. The third-order valence-electron chi connectivity index (χ3n) is 3.97. The van der Waals surface area contributed by atoms with Gasteiger partial charge in [0.2, 0.25) is 0 Å². The second-order valence-electron chi connectivity index (χ2n) is 5.17. The van der Waals surface area contributed by atoms with Crippen LogP contribution in [0.1, 0.15) is 25.0 Å². The number of hydrogen-bond acceptors (Lipinski definition) is 4. The van der Waals surface area contributed by atoms with Crippen LogP contribution in [-0.2, 0) is 11.3 Å². The van der Waals surface area contributed by atoms with E-state index in [9.17, 15) is 0 Å². The van der Waals surface area contributed by atoms with Gasteiger partial charge in [-0.3, -0.25) is 4.90 Å². The van der Waals surface area contributed by atoms with Crippen LogP contribution in [0.15, 0.2) is 22.8 Å². The maximum Gasteiger partial charge on any atom is 0.117 e. The van der Waals surface area contributed by atoms with E-state index >= 15 is 0 Å². The van der Waals surface area contributed by atoms with Gasteiger partial charge in [0, 0.05) is 19.2 Å². The van der Waals surface area contributed by atoms with Crippen LogP contribution in [0, 0.1) is 0 Å². The van der Waals surface area contributed by atoms with Crippen LogP contribution in [0.25, 0.3) is 0 Å². The minimum Gasteiger partial charge on any atom is -0.468 e. The monoisotopic (exact) mass is 236 g/mol. The fourth-order valence-electron chi connectivity index (χ4n) is 2.74. The van der Waals surface area contributed by atoms with Gasteiger partial charge >= 0.3 is 0 Å². The first-order chi connectivity index (χ1) is 8.34. The first-order valence-electron chi connectivity index (χ1n) is 6.41. The fraction of sp³-hybridized carbons (Fsp3) is 0.692. The second kappa shape index (κ2) is 4.44. The van der Waals surface area contributed by atoms with Crippen LogP contribution in [0.4, 0.5) is 0 Å². The summed E-state index contributed by atoms with van der Waals surface area (Å²) in [6.45, 7) is 3.13. The molecule has 0 amide bonds. The molecule has 2 fully saturated rings. The van der Waals surface area contributed by atoms with Crippen molar-refractivity contribution >= 4 is 0 Å². The summed E-state index contributed by atoms with van der Waals surface area (Å²) < 4.78 is 11.0. The summed E-state index contributed by atoms with van der Waals surface area (Å²) in [7, 11) is 0. The van der Waals surface area contributed by atoms with Crippen LogP contribution in [0.5, 0.6) is 0 Å². The molecule has 4 nitrogen and oxygen atoms in total. The summed E-state index contributed by atoms with van der Waals surface area (Å²) in [6, 6.07) is 4.65. The van der Waals surface area contributed by atoms with Crippen molar-refractivity contribution in [3.05, 3.63) is 24.2 Å². The molecule has 0 aromatic carbocycles. The highest BCUT2D eigenvalue weighted by molar-refractivity contribution is 5.06. The maximum atomic E-state index is 6.01. The van der Waals surface area contributed by atoms with Crippen molar-refractivity contribution in [1.29, 1.82) is 0 Å². The number of furan rings is 1. The molecule has 17 heavy (non-hydrogen) atoms. The summed E-state index contributed by atoms with van der Waals surface area (Å²) in [5.74, 6) is 1.02. The number of ether oxygens (including phenoxy) is 1. The molecule has 3 rings (SSSR count). The lowest BCUT2D eigenvalue weighted by Gasteiger charge is -2.39. The average molecular weight is 236 g/mol. The zero-order valence-corrected chi connectivity index (χ0v) is 10.1. The van der Waals surface area contributed by atoms with E-state index in [0.717, 1.165) is 31.9 Å². The molecule has 1 aliphatic heterocycles. The van der Waals surface area contributed by atoms with Crippen LogP contribution < -0.4 is 5.73 Å². The van der Waals surface area contributed by atoms with Crippen molar-refractivity contribution in [2.24, 2.45) is 5.73 Å². The molecule has 2 heterocycles. The van der Waals surface area contributed by atoms with E-state index in [-0.39, 0.29) is 5.54 Å². The zero-order valence-electron chi connectivity index (χ0n) is 10.1. The molecular formula is C13H20N2O2. The Morgan fingerprint density at radius 2 is 2.35 bits per heavy atom. The molecule has 4 heteroatoms. The quantitative estimate of drug-likeness (QED) is 0.838. The molecule has 1 aromatic heterocycles. The minimum absolute atomic E-state index is 0.0357. The van der Waals surface area contributed by atoms with Gasteiger partial charge in [-0.05, 0) is 31.4 Å². The minimum atomic E-state index is 0.0357. The van der Waals surface area contributed by atoms with Gasteiger partial charge in [0.15, 0.2) is 0 Å². The van der Waals surface area contributed by atoms with Gasteiger partial charge in [-0.2, -0.15) is 0 Å². The Morgan fingerprint density at radius 1 is 1.47 bits per heavy atom. The van der Waals surface area contributed by atoms with Crippen molar-refractivity contribution < 1.29 is 9.15 Å². The van der Waals surface area contributed by atoms with Gasteiger partial charge in [0.25, 0.3) is 0 Å². The van der Waals surface area contributed by atoms with E-state index in [1.54, 1.807) is 6.26 Å². The van der Waals surface area contributed by atoms with Gasteiger partial charge in [-0.15, -0.1) is 0 Å². The predicted octanol–water partition coefficient (Wildman–Crippen LogP) is 1.36. The molecule has 2 N–H and O–H groups in total. The van der Waals surface area contributed by atoms with Gasteiger partial charge in [0.05, 0.1) is 25.0 Å². The number of hydrogen-bond donors (Lipinski definition) is 1. The van der Waals surface area contributed by atoms with Crippen molar-refractivity contribution in [2.45, 2.75) is 37.4 Å². The predicted molar refractivity (Wildman–Crippen MR) is 64.5 cm³/mol. The molecule has 1 aromatic rings. The molecule has 0 bridgehead atoms. The molecule has 0 radical (unpaired) electrons. The molecule has 1 aliphatic carbocycles. The Morgan fingerprint density at radius 3 is 2.88 bits per heavy atom. The lowest BCUT2D eigenvalue weighted by Crippen LogP contribution is -2.55. The Labute approximate surface area is 102 Å². The Balaban J connectivity index is 1.79. The van der Waals surface area contributed by atoms with Crippen LogP contribution >= 0.6 is 0 Å². The molecule has 0 spiro atoms. The molecule has 1 atom stereocenters. The van der Waals surface area contributed by atoms with E-state index in [1.165, 1.54) is 12.8 Å². The smallest absolute Gasteiger partial charge is 0.117 e. The highest BCUT2D eigenvalue weighted by Gasteiger charge is 2.46. The van der Waals surface area contributed by atoms with Gasteiger partial charge < -0.3 is 14.9 Å². The van der Waals surface area contributed by atoms with E-state index in [1.807, 2.05) is 12.1 Å². The lowest BCUT2D eigenvalue weighted by molar-refractivity contribution is 0.0525. The van der Waals surface area contributed by atoms with Crippen LogP contribution in [0.3, 0.4) is 0 Å².